The van der Waals surface area contributed by atoms with Crippen LogP contribution in [0.3, 0.4) is 0 Å². The molecule has 20 heavy (non-hydrogen) atoms. The van der Waals surface area contributed by atoms with E-state index in [0.717, 1.165) is 25.7 Å². The maximum Gasteiger partial charge on any atom is 0.240 e. The van der Waals surface area contributed by atoms with E-state index in [2.05, 4.69) is 16.7 Å². The maximum absolute atomic E-state index is 12.9. The third-order valence-corrected chi connectivity index (χ3v) is 6.08. The van der Waals surface area contributed by atoms with Crippen LogP contribution in [0, 0.1) is 5.82 Å². The molecule has 1 aromatic carbocycles. The molecule has 2 fully saturated rings. The van der Waals surface area contributed by atoms with Crippen LogP contribution in [0.1, 0.15) is 25.7 Å². The Kier molecular flexibility index (Phi) is 3.56. The summed E-state index contributed by atoms with van der Waals surface area (Å²) in [5.41, 5.74) is 0. The normalized spacial score (nSPS) is 30.6. The predicted octanol–water partition coefficient (Wildman–Crippen LogP) is 1.73. The summed E-state index contributed by atoms with van der Waals surface area (Å²) < 4.78 is 40.2. The zero-order valence-corrected chi connectivity index (χ0v) is 12.2. The highest BCUT2D eigenvalue weighted by Gasteiger charge is 2.39. The van der Waals surface area contributed by atoms with Crippen molar-refractivity contribution in [2.75, 3.05) is 7.05 Å². The fraction of sp³-hybridized carbons (Fsp3) is 0.571. The lowest BCUT2D eigenvalue weighted by atomic mass is 9.99. The first-order valence-electron chi connectivity index (χ1n) is 6.95. The first kappa shape index (κ1) is 14.0. The SMILES string of the molecule is CN1[C@@H]2CC[C@H]1CC(NS(=O)(=O)c1ccc(F)cc1)C2. The Bertz CT molecular complexity index is 574. The number of rotatable bonds is 3. The molecule has 2 bridgehead atoms. The molecule has 0 aliphatic carbocycles. The van der Waals surface area contributed by atoms with Crippen LogP contribution in [0.25, 0.3) is 0 Å². The second-order valence-electron chi connectivity index (χ2n) is 5.79. The molecular weight excluding hydrogens is 279 g/mol. The average Bonchev–Trinajstić information content (AvgIpc) is 2.62. The van der Waals surface area contributed by atoms with Crippen LogP contribution in [0.5, 0.6) is 0 Å². The summed E-state index contributed by atoms with van der Waals surface area (Å²) in [6, 6.07) is 5.91. The van der Waals surface area contributed by atoms with Crippen LogP contribution < -0.4 is 4.72 Å². The van der Waals surface area contributed by atoms with E-state index < -0.39 is 15.8 Å². The molecule has 4 nitrogen and oxygen atoms in total. The van der Waals surface area contributed by atoms with Gasteiger partial charge in [0, 0.05) is 18.1 Å². The van der Waals surface area contributed by atoms with E-state index in [1.54, 1.807) is 0 Å². The van der Waals surface area contributed by atoms with Gasteiger partial charge in [-0.05, 0) is 57.0 Å². The molecule has 6 heteroatoms. The third-order valence-electron chi connectivity index (χ3n) is 4.54. The second-order valence-corrected chi connectivity index (χ2v) is 7.51. The Labute approximate surface area is 119 Å². The summed E-state index contributed by atoms with van der Waals surface area (Å²) in [5, 5.41) is 0. The molecule has 2 aliphatic rings. The maximum atomic E-state index is 12.9. The molecule has 3 atom stereocenters. The monoisotopic (exact) mass is 298 g/mol. The average molecular weight is 298 g/mol. The van der Waals surface area contributed by atoms with E-state index in [-0.39, 0.29) is 10.9 Å². The van der Waals surface area contributed by atoms with Crippen molar-refractivity contribution in [2.24, 2.45) is 0 Å². The zero-order chi connectivity index (χ0) is 14.3. The Morgan fingerprint density at radius 2 is 1.70 bits per heavy atom. The molecule has 0 radical (unpaired) electrons. The number of halogens is 1. The predicted molar refractivity (Wildman–Crippen MR) is 74.3 cm³/mol. The summed E-state index contributed by atoms with van der Waals surface area (Å²) in [7, 11) is -1.43. The van der Waals surface area contributed by atoms with Crippen molar-refractivity contribution in [3.05, 3.63) is 30.1 Å². The second kappa shape index (κ2) is 5.09. The molecule has 2 saturated heterocycles. The molecular formula is C14H19FN2O2S. The van der Waals surface area contributed by atoms with Gasteiger partial charge in [-0.3, -0.25) is 0 Å². The number of nitrogens with zero attached hydrogens (tertiary/aromatic N) is 1. The van der Waals surface area contributed by atoms with Crippen molar-refractivity contribution in [3.8, 4) is 0 Å². The van der Waals surface area contributed by atoms with Crippen molar-refractivity contribution in [1.29, 1.82) is 0 Å². The van der Waals surface area contributed by atoms with Gasteiger partial charge < -0.3 is 4.90 Å². The van der Waals surface area contributed by atoms with Crippen LogP contribution >= 0.6 is 0 Å². The molecule has 1 aromatic rings. The summed E-state index contributed by atoms with van der Waals surface area (Å²) in [6.07, 6.45) is 4.01. The number of benzene rings is 1. The highest BCUT2D eigenvalue weighted by atomic mass is 32.2. The highest BCUT2D eigenvalue weighted by molar-refractivity contribution is 7.89. The molecule has 0 amide bonds. The van der Waals surface area contributed by atoms with Gasteiger partial charge in [-0.2, -0.15) is 0 Å². The van der Waals surface area contributed by atoms with Crippen LogP contribution in [-0.2, 0) is 10.0 Å². The van der Waals surface area contributed by atoms with Crippen LogP contribution in [0.2, 0.25) is 0 Å². The van der Waals surface area contributed by atoms with E-state index in [1.807, 2.05) is 0 Å². The first-order valence-corrected chi connectivity index (χ1v) is 8.44. The number of hydrogen-bond donors (Lipinski definition) is 1. The van der Waals surface area contributed by atoms with Crippen molar-refractivity contribution < 1.29 is 12.8 Å². The fourth-order valence-electron chi connectivity index (χ4n) is 3.41. The van der Waals surface area contributed by atoms with Gasteiger partial charge >= 0.3 is 0 Å². The van der Waals surface area contributed by atoms with Crippen LogP contribution in [0.15, 0.2) is 29.2 Å². The number of piperidine rings is 1. The molecule has 3 rings (SSSR count). The molecule has 2 aliphatic heterocycles. The van der Waals surface area contributed by atoms with Gasteiger partial charge in [-0.15, -0.1) is 0 Å². The lowest BCUT2D eigenvalue weighted by Gasteiger charge is -2.36. The Balaban J connectivity index is 1.73. The molecule has 0 aromatic heterocycles. The van der Waals surface area contributed by atoms with E-state index in [0.29, 0.717) is 12.1 Å². The van der Waals surface area contributed by atoms with Gasteiger partial charge in [0.2, 0.25) is 10.0 Å². The lowest BCUT2D eigenvalue weighted by Crippen LogP contribution is -2.48. The number of nitrogens with one attached hydrogen (secondary N) is 1. The van der Waals surface area contributed by atoms with Crippen molar-refractivity contribution >= 4 is 10.0 Å². The Morgan fingerprint density at radius 1 is 1.15 bits per heavy atom. The van der Waals surface area contributed by atoms with Crippen LogP contribution in [0.4, 0.5) is 4.39 Å². The van der Waals surface area contributed by atoms with E-state index >= 15 is 0 Å². The molecule has 1 N–H and O–H groups in total. The summed E-state index contributed by atoms with van der Waals surface area (Å²) in [4.78, 5) is 2.49. The summed E-state index contributed by atoms with van der Waals surface area (Å²) >= 11 is 0. The van der Waals surface area contributed by atoms with Gasteiger partial charge in [-0.25, -0.2) is 17.5 Å². The van der Waals surface area contributed by atoms with Gasteiger partial charge in [0.25, 0.3) is 0 Å². The van der Waals surface area contributed by atoms with Crippen LogP contribution in [-0.4, -0.2) is 38.5 Å². The fourth-order valence-corrected chi connectivity index (χ4v) is 4.67. The molecule has 2 heterocycles. The molecule has 1 unspecified atom stereocenters. The topological polar surface area (TPSA) is 49.4 Å². The summed E-state index contributed by atoms with van der Waals surface area (Å²) in [6.45, 7) is 0. The number of fused-ring (bicyclic) bond motifs is 2. The third kappa shape index (κ3) is 2.60. The highest BCUT2D eigenvalue weighted by Crippen LogP contribution is 2.34. The summed E-state index contributed by atoms with van der Waals surface area (Å²) in [5.74, 6) is -0.429. The molecule has 0 saturated carbocycles. The standard InChI is InChI=1S/C14H19FN2O2S/c1-17-12-4-5-13(17)9-11(8-12)16-20(18,19)14-6-2-10(15)3-7-14/h2-3,6-7,11-13,16H,4-5,8-9H2,1H3/t11?,12-,13+. The largest absolute Gasteiger partial charge is 0.300 e. The van der Waals surface area contributed by atoms with E-state index in [4.69, 9.17) is 0 Å². The zero-order valence-electron chi connectivity index (χ0n) is 11.4. The molecule has 0 spiro atoms. The Morgan fingerprint density at radius 3 is 2.25 bits per heavy atom. The minimum atomic E-state index is -3.55. The smallest absolute Gasteiger partial charge is 0.240 e. The van der Waals surface area contributed by atoms with Gasteiger partial charge in [0.05, 0.1) is 4.90 Å². The van der Waals surface area contributed by atoms with E-state index in [9.17, 15) is 12.8 Å². The quantitative estimate of drug-likeness (QED) is 0.924. The van der Waals surface area contributed by atoms with Gasteiger partial charge in [0.15, 0.2) is 0 Å². The van der Waals surface area contributed by atoms with Crippen molar-refractivity contribution in [3.63, 3.8) is 0 Å². The Hall–Kier alpha value is -0.980. The minimum absolute atomic E-state index is 0.0150. The van der Waals surface area contributed by atoms with Crippen molar-refractivity contribution in [1.82, 2.24) is 9.62 Å². The van der Waals surface area contributed by atoms with E-state index in [1.165, 1.54) is 24.3 Å². The lowest BCUT2D eigenvalue weighted by molar-refractivity contribution is 0.157. The van der Waals surface area contributed by atoms with Crippen molar-refractivity contribution in [2.45, 2.75) is 48.7 Å². The number of hydrogen-bond acceptors (Lipinski definition) is 3. The minimum Gasteiger partial charge on any atom is -0.300 e. The molecule has 110 valence electrons. The van der Waals surface area contributed by atoms with Gasteiger partial charge in [0.1, 0.15) is 5.82 Å². The van der Waals surface area contributed by atoms with Gasteiger partial charge in [-0.1, -0.05) is 0 Å². The number of sulfonamides is 1. The first-order chi connectivity index (χ1) is 9.45.